The number of carbonyl (C=O) groups excluding carboxylic acids is 1. The molecular weight excluding hydrogens is 242 g/mol. The molecule has 0 fully saturated rings. The van der Waals surface area contributed by atoms with Gasteiger partial charge in [0, 0.05) is 13.1 Å². The molecular formula is C13H25N5O. The van der Waals surface area contributed by atoms with E-state index in [0.717, 1.165) is 26.1 Å². The van der Waals surface area contributed by atoms with E-state index in [4.69, 9.17) is 5.73 Å². The number of anilines is 1. The Morgan fingerprint density at radius 2 is 2.11 bits per heavy atom. The molecule has 0 saturated heterocycles. The Kier molecular flexibility index (Phi) is 6.35. The number of hydrogen-bond donors (Lipinski definition) is 2. The summed E-state index contributed by atoms with van der Waals surface area (Å²) in [7, 11) is 0. The smallest absolute Gasteiger partial charge is 0.271 e. The second-order valence-corrected chi connectivity index (χ2v) is 4.40. The van der Waals surface area contributed by atoms with E-state index in [1.807, 2.05) is 6.92 Å². The van der Waals surface area contributed by atoms with E-state index < -0.39 is 0 Å². The lowest BCUT2D eigenvalue weighted by Crippen LogP contribution is -2.31. The first-order chi connectivity index (χ1) is 9.13. The number of amides is 1. The van der Waals surface area contributed by atoms with E-state index in [9.17, 15) is 4.79 Å². The third-order valence-corrected chi connectivity index (χ3v) is 3.21. The van der Waals surface area contributed by atoms with Crippen LogP contribution in [0, 0.1) is 0 Å². The molecule has 108 valence electrons. The van der Waals surface area contributed by atoms with Crippen LogP contribution in [0.25, 0.3) is 0 Å². The SMILES string of the molecule is CCN(CC)CCCNC(=O)c1c(N)cnn1CC. The van der Waals surface area contributed by atoms with Crippen LogP contribution in [0.5, 0.6) is 0 Å². The number of aryl methyl sites for hydroxylation is 1. The molecule has 0 unspecified atom stereocenters. The maximum absolute atomic E-state index is 12.0. The van der Waals surface area contributed by atoms with Crippen LogP contribution in [0.15, 0.2) is 6.20 Å². The largest absolute Gasteiger partial charge is 0.396 e. The molecule has 6 nitrogen and oxygen atoms in total. The number of nitrogens with two attached hydrogens (primary N) is 1. The van der Waals surface area contributed by atoms with Gasteiger partial charge in [0.2, 0.25) is 0 Å². The molecule has 0 aliphatic rings. The zero-order valence-corrected chi connectivity index (χ0v) is 12.1. The van der Waals surface area contributed by atoms with Crippen LogP contribution in [0.2, 0.25) is 0 Å². The van der Waals surface area contributed by atoms with Crippen LogP contribution in [0.4, 0.5) is 5.69 Å². The van der Waals surface area contributed by atoms with Crippen molar-refractivity contribution in [3.63, 3.8) is 0 Å². The lowest BCUT2D eigenvalue weighted by Gasteiger charge is -2.17. The molecule has 0 aliphatic carbocycles. The molecule has 1 aromatic rings. The Morgan fingerprint density at radius 3 is 2.68 bits per heavy atom. The number of hydrogen-bond acceptors (Lipinski definition) is 4. The van der Waals surface area contributed by atoms with E-state index in [1.54, 1.807) is 4.68 Å². The number of nitrogen functional groups attached to an aromatic ring is 1. The number of nitrogens with one attached hydrogen (secondary N) is 1. The molecule has 3 N–H and O–H groups in total. The molecule has 6 heteroatoms. The van der Waals surface area contributed by atoms with Gasteiger partial charge in [0.05, 0.1) is 11.9 Å². The average Bonchev–Trinajstić information content (AvgIpc) is 2.80. The predicted octanol–water partition coefficient (Wildman–Crippen LogP) is 0.947. The van der Waals surface area contributed by atoms with Crippen molar-refractivity contribution in [3.05, 3.63) is 11.9 Å². The summed E-state index contributed by atoms with van der Waals surface area (Å²) in [5, 5.41) is 6.96. The van der Waals surface area contributed by atoms with E-state index >= 15 is 0 Å². The van der Waals surface area contributed by atoms with Gasteiger partial charge >= 0.3 is 0 Å². The number of nitrogens with zero attached hydrogens (tertiary/aromatic N) is 3. The topological polar surface area (TPSA) is 76.2 Å². The standard InChI is InChI=1S/C13H25N5O/c1-4-17(5-2)9-7-8-15-13(19)12-11(14)10-16-18(12)6-3/h10H,4-9,14H2,1-3H3,(H,15,19). The van der Waals surface area contributed by atoms with Gasteiger partial charge < -0.3 is 16.0 Å². The minimum absolute atomic E-state index is 0.142. The van der Waals surface area contributed by atoms with Crippen molar-refractivity contribution in [1.29, 1.82) is 0 Å². The van der Waals surface area contributed by atoms with Gasteiger partial charge in [0.15, 0.2) is 0 Å². The zero-order valence-electron chi connectivity index (χ0n) is 12.1. The Morgan fingerprint density at radius 1 is 1.42 bits per heavy atom. The van der Waals surface area contributed by atoms with Gasteiger partial charge in [-0.3, -0.25) is 9.48 Å². The highest BCUT2D eigenvalue weighted by molar-refractivity contribution is 5.97. The summed E-state index contributed by atoms with van der Waals surface area (Å²) in [6.45, 7) is 10.6. The summed E-state index contributed by atoms with van der Waals surface area (Å²) in [6.07, 6.45) is 2.46. The normalized spacial score (nSPS) is 10.9. The van der Waals surface area contributed by atoms with Gasteiger partial charge in [-0.15, -0.1) is 0 Å². The second-order valence-electron chi connectivity index (χ2n) is 4.40. The monoisotopic (exact) mass is 267 g/mol. The van der Waals surface area contributed by atoms with Crippen LogP contribution in [0.1, 0.15) is 37.7 Å². The summed E-state index contributed by atoms with van der Waals surface area (Å²) in [6, 6.07) is 0. The maximum Gasteiger partial charge on any atom is 0.271 e. The minimum Gasteiger partial charge on any atom is -0.396 e. The predicted molar refractivity (Wildman–Crippen MR) is 77.1 cm³/mol. The molecule has 0 spiro atoms. The lowest BCUT2D eigenvalue weighted by molar-refractivity contribution is 0.0942. The molecule has 1 amide bonds. The molecule has 1 heterocycles. The Bertz CT molecular complexity index is 398. The van der Waals surface area contributed by atoms with Gasteiger partial charge in [-0.05, 0) is 33.0 Å². The van der Waals surface area contributed by atoms with Crippen molar-refractivity contribution in [2.45, 2.75) is 33.7 Å². The third-order valence-electron chi connectivity index (χ3n) is 3.21. The first-order valence-corrected chi connectivity index (χ1v) is 6.95. The van der Waals surface area contributed by atoms with Crippen LogP contribution in [0.3, 0.4) is 0 Å². The lowest BCUT2D eigenvalue weighted by atomic mass is 10.3. The Balaban J connectivity index is 2.41. The maximum atomic E-state index is 12.0. The van der Waals surface area contributed by atoms with E-state index in [-0.39, 0.29) is 5.91 Å². The molecule has 0 aliphatic heterocycles. The molecule has 19 heavy (non-hydrogen) atoms. The number of rotatable bonds is 8. The number of carbonyl (C=O) groups is 1. The molecule has 0 aromatic carbocycles. The molecule has 1 aromatic heterocycles. The quantitative estimate of drug-likeness (QED) is 0.688. The van der Waals surface area contributed by atoms with Crippen LogP contribution >= 0.6 is 0 Å². The van der Waals surface area contributed by atoms with Crippen LogP contribution in [-0.4, -0.2) is 46.8 Å². The fourth-order valence-corrected chi connectivity index (χ4v) is 2.02. The van der Waals surface area contributed by atoms with Crippen molar-refractivity contribution in [2.24, 2.45) is 0 Å². The summed E-state index contributed by atoms with van der Waals surface area (Å²) in [4.78, 5) is 14.4. The van der Waals surface area contributed by atoms with Crippen molar-refractivity contribution in [1.82, 2.24) is 20.0 Å². The van der Waals surface area contributed by atoms with E-state index in [2.05, 4.69) is 29.2 Å². The summed E-state index contributed by atoms with van der Waals surface area (Å²) in [5.74, 6) is -0.142. The highest BCUT2D eigenvalue weighted by Gasteiger charge is 2.15. The Labute approximate surface area is 114 Å². The molecule has 1 rings (SSSR count). The molecule has 0 atom stereocenters. The van der Waals surface area contributed by atoms with Crippen molar-refractivity contribution in [3.8, 4) is 0 Å². The Hall–Kier alpha value is -1.56. The van der Waals surface area contributed by atoms with Crippen molar-refractivity contribution in [2.75, 3.05) is 31.9 Å². The summed E-state index contributed by atoms with van der Waals surface area (Å²) >= 11 is 0. The van der Waals surface area contributed by atoms with Gasteiger partial charge in [-0.1, -0.05) is 13.8 Å². The zero-order chi connectivity index (χ0) is 14.3. The van der Waals surface area contributed by atoms with Crippen molar-refractivity contribution >= 4 is 11.6 Å². The molecule has 0 saturated carbocycles. The minimum atomic E-state index is -0.142. The van der Waals surface area contributed by atoms with Crippen LogP contribution in [-0.2, 0) is 6.54 Å². The van der Waals surface area contributed by atoms with Gasteiger partial charge in [-0.2, -0.15) is 5.10 Å². The fraction of sp³-hybridized carbons (Fsp3) is 0.692. The van der Waals surface area contributed by atoms with Gasteiger partial charge in [0.1, 0.15) is 5.69 Å². The first kappa shape index (κ1) is 15.5. The second kappa shape index (κ2) is 7.78. The van der Waals surface area contributed by atoms with Crippen molar-refractivity contribution < 1.29 is 4.79 Å². The summed E-state index contributed by atoms with van der Waals surface area (Å²) < 4.78 is 1.62. The highest BCUT2D eigenvalue weighted by atomic mass is 16.2. The van der Waals surface area contributed by atoms with E-state index in [0.29, 0.717) is 24.5 Å². The van der Waals surface area contributed by atoms with Gasteiger partial charge in [0.25, 0.3) is 5.91 Å². The number of aromatic nitrogens is 2. The third kappa shape index (κ3) is 4.24. The van der Waals surface area contributed by atoms with Gasteiger partial charge in [-0.25, -0.2) is 0 Å². The first-order valence-electron chi connectivity index (χ1n) is 6.95. The average molecular weight is 267 g/mol. The summed E-state index contributed by atoms with van der Waals surface area (Å²) in [5.41, 5.74) is 6.66. The van der Waals surface area contributed by atoms with E-state index in [1.165, 1.54) is 6.20 Å². The van der Waals surface area contributed by atoms with Crippen LogP contribution < -0.4 is 11.1 Å². The fourth-order valence-electron chi connectivity index (χ4n) is 2.02. The highest BCUT2D eigenvalue weighted by Crippen LogP contribution is 2.10. The molecule has 0 radical (unpaired) electrons. The molecule has 0 bridgehead atoms.